The Bertz CT molecular complexity index is 122. The van der Waals surface area contributed by atoms with Crippen molar-refractivity contribution in [1.29, 1.82) is 0 Å². The topological polar surface area (TPSA) is 55.1 Å². The summed E-state index contributed by atoms with van der Waals surface area (Å²) in [5.41, 5.74) is 5.01. The molecule has 0 rings (SSSR count). The maximum absolute atomic E-state index is 10.4. The molecule has 0 saturated heterocycles. The molecule has 0 fully saturated rings. The molecule has 0 aliphatic heterocycles. The maximum Gasteiger partial charge on any atom is 0.217 e. The third-order valence-electron chi connectivity index (χ3n) is 2.02. The zero-order chi connectivity index (χ0) is 9.40. The molecule has 0 unspecified atom stereocenters. The van der Waals surface area contributed by atoms with Crippen LogP contribution in [0.2, 0.25) is 0 Å². The number of rotatable bonds is 7. The standard InChI is InChI=1S/C9H20N2O/c1-3-8(4-2)11-7-5-6-9(10)12/h8,11H,3-7H2,1-2H3,(H2,10,12). The van der Waals surface area contributed by atoms with E-state index >= 15 is 0 Å². The number of hydrogen-bond acceptors (Lipinski definition) is 2. The van der Waals surface area contributed by atoms with Crippen LogP contribution in [0.4, 0.5) is 0 Å². The first-order valence-electron chi connectivity index (χ1n) is 4.72. The van der Waals surface area contributed by atoms with E-state index in [9.17, 15) is 4.79 Å². The minimum Gasteiger partial charge on any atom is -0.370 e. The van der Waals surface area contributed by atoms with E-state index in [0.29, 0.717) is 12.5 Å². The van der Waals surface area contributed by atoms with Crippen molar-refractivity contribution in [2.24, 2.45) is 5.73 Å². The van der Waals surface area contributed by atoms with Gasteiger partial charge in [0.05, 0.1) is 0 Å². The van der Waals surface area contributed by atoms with E-state index in [2.05, 4.69) is 19.2 Å². The number of amides is 1. The lowest BCUT2D eigenvalue weighted by Crippen LogP contribution is -2.29. The molecule has 12 heavy (non-hydrogen) atoms. The highest BCUT2D eigenvalue weighted by Gasteiger charge is 2.01. The molecule has 3 heteroatoms. The lowest BCUT2D eigenvalue weighted by atomic mass is 10.1. The molecule has 0 heterocycles. The number of carbonyl (C=O) groups excluding carboxylic acids is 1. The van der Waals surface area contributed by atoms with Gasteiger partial charge in [-0.2, -0.15) is 0 Å². The average Bonchev–Trinajstić information content (AvgIpc) is 2.04. The third-order valence-corrected chi connectivity index (χ3v) is 2.02. The molecule has 0 aliphatic carbocycles. The van der Waals surface area contributed by atoms with Gasteiger partial charge in [0.1, 0.15) is 0 Å². The summed E-state index contributed by atoms with van der Waals surface area (Å²) in [7, 11) is 0. The third kappa shape index (κ3) is 6.16. The average molecular weight is 172 g/mol. The van der Waals surface area contributed by atoms with Crippen LogP contribution >= 0.6 is 0 Å². The summed E-state index contributed by atoms with van der Waals surface area (Å²) in [5, 5.41) is 3.37. The Morgan fingerprint density at radius 1 is 1.42 bits per heavy atom. The van der Waals surface area contributed by atoms with Gasteiger partial charge in [0.2, 0.25) is 5.91 Å². The monoisotopic (exact) mass is 172 g/mol. The summed E-state index contributed by atoms with van der Waals surface area (Å²) < 4.78 is 0. The van der Waals surface area contributed by atoms with E-state index in [1.54, 1.807) is 0 Å². The SMILES string of the molecule is CCC(CC)NCCCC(N)=O. The molecule has 0 bridgehead atoms. The van der Waals surface area contributed by atoms with Crippen LogP contribution in [0.15, 0.2) is 0 Å². The van der Waals surface area contributed by atoms with Gasteiger partial charge in [-0.1, -0.05) is 13.8 Å². The molecule has 3 N–H and O–H groups in total. The fraction of sp³-hybridized carbons (Fsp3) is 0.889. The molecule has 0 radical (unpaired) electrons. The molecule has 0 spiro atoms. The van der Waals surface area contributed by atoms with Crippen LogP contribution in [0.1, 0.15) is 39.5 Å². The molecule has 3 nitrogen and oxygen atoms in total. The number of nitrogens with two attached hydrogens (primary N) is 1. The Hall–Kier alpha value is -0.570. The van der Waals surface area contributed by atoms with E-state index < -0.39 is 0 Å². The second-order valence-corrected chi connectivity index (χ2v) is 3.04. The van der Waals surface area contributed by atoms with Crippen LogP contribution in [0.25, 0.3) is 0 Å². The van der Waals surface area contributed by atoms with Crippen LogP contribution in [0.5, 0.6) is 0 Å². The van der Waals surface area contributed by atoms with Gasteiger partial charge >= 0.3 is 0 Å². The second-order valence-electron chi connectivity index (χ2n) is 3.04. The summed E-state index contributed by atoms with van der Waals surface area (Å²) in [6.07, 6.45) is 3.64. The van der Waals surface area contributed by atoms with Gasteiger partial charge in [-0.05, 0) is 25.8 Å². The highest BCUT2D eigenvalue weighted by atomic mass is 16.1. The van der Waals surface area contributed by atoms with Gasteiger partial charge in [0.25, 0.3) is 0 Å². The number of nitrogens with one attached hydrogen (secondary N) is 1. The fourth-order valence-electron chi connectivity index (χ4n) is 1.15. The predicted molar refractivity (Wildman–Crippen MR) is 50.8 cm³/mol. The first-order valence-corrected chi connectivity index (χ1v) is 4.72. The molecule has 0 aromatic heterocycles. The Balaban J connectivity index is 3.23. The van der Waals surface area contributed by atoms with Crippen LogP contribution in [0, 0.1) is 0 Å². The quantitative estimate of drug-likeness (QED) is 0.563. The van der Waals surface area contributed by atoms with Crippen molar-refractivity contribution in [3.8, 4) is 0 Å². The minimum atomic E-state index is -0.207. The summed E-state index contributed by atoms with van der Waals surface area (Å²) in [6.45, 7) is 5.22. The van der Waals surface area contributed by atoms with Crippen LogP contribution in [-0.2, 0) is 4.79 Å². The fourth-order valence-corrected chi connectivity index (χ4v) is 1.15. The zero-order valence-corrected chi connectivity index (χ0v) is 8.10. The number of primary amides is 1. The maximum atomic E-state index is 10.4. The van der Waals surface area contributed by atoms with Crippen molar-refractivity contribution in [2.45, 2.75) is 45.6 Å². The summed E-state index contributed by atoms with van der Waals surface area (Å²) in [4.78, 5) is 10.4. The summed E-state index contributed by atoms with van der Waals surface area (Å²) >= 11 is 0. The number of hydrogen-bond donors (Lipinski definition) is 2. The van der Waals surface area contributed by atoms with E-state index in [-0.39, 0.29) is 5.91 Å². The molecule has 0 atom stereocenters. The van der Waals surface area contributed by atoms with Crippen LogP contribution in [0.3, 0.4) is 0 Å². The van der Waals surface area contributed by atoms with Crippen molar-refractivity contribution >= 4 is 5.91 Å². The molecular formula is C9H20N2O. The predicted octanol–water partition coefficient (Wildman–Crippen LogP) is 1.03. The Labute approximate surface area is 74.7 Å². The van der Waals surface area contributed by atoms with Crippen molar-refractivity contribution in [3.63, 3.8) is 0 Å². The van der Waals surface area contributed by atoms with Gasteiger partial charge in [-0.15, -0.1) is 0 Å². The Morgan fingerprint density at radius 3 is 2.42 bits per heavy atom. The summed E-state index contributed by atoms with van der Waals surface area (Å²) in [5.74, 6) is -0.207. The lowest BCUT2D eigenvalue weighted by molar-refractivity contribution is -0.118. The molecule has 0 aromatic rings. The van der Waals surface area contributed by atoms with E-state index in [0.717, 1.165) is 25.8 Å². The van der Waals surface area contributed by atoms with Crippen molar-refractivity contribution in [1.82, 2.24) is 5.32 Å². The molecular weight excluding hydrogens is 152 g/mol. The van der Waals surface area contributed by atoms with Gasteiger partial charge in [0.15, 0.2) is 0 Å². The largest absolute Gasteiger partial charge is 0.370 e. The summed E-state index contributed by atoms with van der Waals surface area (Å²) in [6, 6.07) is 0.595. The first-order chi connectivity index (χ1) is 5.70. The Kier molecular flexibility index (Phi) is 6.76. The Morgan fingerprint density at radius 2 is 2.00 bits per heavy atom. The highest BCUT2D eigenvalue weighted by molar-refractivity contribution is 5.73. The normalized spacial score (nSPS) is 10.6. The molecule has 0 saturated carbocycles. The molecule has 0 aromatic carbocycles. The highest BCUT2D eigenvalue weighted by Crippen LogP contribution is 1.96. The van der Waals surface area contributed by atoms with Gasteiger partial charge < -0.3 is 11.1 Å². The smallest absolute Gasteiger partial charge is 0.217 e. The van der Waals surface area contributed by atoms with Gasteiger partial charge in [-0.3, -0.25) is 4.79 Å². The first kappa shape index (κ1) is 11.4. The van der Waals surface area contributed by atoms with Crippen LogP contribution in [-0.4, -0.2) is 18.5 Å². The van der Waals surface area contributed by atoms with E-state index in [1.807, 2.05) is 0 Å². The van der Waals surface area contributed by atoms with E-state index in [1.165, 1.54) is 0 Å². The van der Waals surface area contributed by atoms with Gasteiger partial charge in [-0.25, -0.2) is 0 Å². The zero-order valence-electron chi connectivity index (χ0n) is 8.10. The van der Waals surface area contributed by atoms with Crippen molar-refractivity contribution in [3.05, 3.63) is 0 Å². The molecule has 72 valence electrons. The minimum absolute atomic E-state index is 0.207. The van der Waals surface area contributed by atoms with Crippen molar-refractivity contribution in [2.75, 3.05) is 6.54 Å². The molecule has 1 amide bonds. The second kappa shape index (κ2) is 7.10. The van der Waals surface area contributed by atoms with Gasteiger partial charge in [0, 0.05) is 12.5 Å². The molecule has 0 aliphatic rings. The lowest BCUT2D eigenvalue weighted by Gasteiger charge is -2.13. The number of carbonyl (C=O) groups is 1. The van der Waals surface area contributed by atoms with Crippen LogP contribution < -0.4 is 11.1 Å². The van der Waals surface area contributed by atoms with E-state index in [4.69, 9.17) is 5.73 Å². The van der Waals surface area contributed by atoms with Crippen molar-refractivity contribution < 1.29 is 4.79 Å².